The van der Waals surface area contributed by atoms with Crippen LogP contribution in [0.3, 0.4) is 0 Å². The van der Waals surface area contributed by atoms with Gasteiger partial charge in [-0.05, 0) is 50.6 Å². The second-order valence-corrected chi connectivity index (χ2v) is 5.79. The molecule has 4 nitrogen and oxygen atoms in total. The molecule has 2 aromatic rings. The number of nitrogens with zero attached hydrogens (tertiary/aromatic N) is 1. The topological polar surface area (TPSA) is 59.3 Å². The normalized spacial score (nSPS) is 11.8. The lowest BCUT2D eigenvalue weighted by Gasteiger charge is -2.13. The maximum atomic E-state index is 11.5. The van der Waals surface area contributed by atoms with Gasteiger partial charge >= 0.3 is 0 Å². The van der Waals surface area contributed by atoms with E-state index in [0.717, 1.165) is 17.0 Å². The van der Waals surface area contributed by atoms with Gasteiger partial charge in [-0.25, -0.2) is 0 Å². The van der Waals surface area contributed by atoms with E-state index in [-0.39, 0.29) is 4.90 Å². The Labute approximate surface area is 107 Å². The lowest BCUT2D eigenvalue weighted by atomic mass is 10.2. The Kier molecular flexibility index (Phi) is 3.04. The van der Waals surface area contributed by atoms with E-state index >= 15 is 0 Å². The zero-order valence-electron chi connectivity index (χ0n) is 10.5. The van der Waals surface area contributed by atoms with Crippen molar-refractivity contribution in [1.29, 1.82) is 0 Å². The summed E-state index contributed by atoms with van der Waals surface area (Å²) in [4.78, 5) is -0.0649. The van der Waals surface area contributed by atoms with Gasteiger partial charge in [-0.2, -0.15) is 8.42 Å². The molecule has 0 saturated heterocycles. The third-order valence-corrected chi connectivity index (χ3v) is 3.79. The predicted molar refractivity (Wildman–Crippen MR) is 69.8 cm³/mol. The molecule has 0 saturated carbocycles. The summed E-state index contributed by atoms with van der Waals surface area (Å²) in [6, 6.07) is 8.82. The standard InChI is InChI=1S/C13H15NO3S/c1-9-4-7-12(13(8-9)18(15,16)17)14-10(2)5-6-11(14)3/h4-8H,1-3H3,(H,15,16,17). The van der Waals surface area contributed by atoms with Crippen molar-refractivity contribution in [3.05, 3.63) is 47.3 Å². The van der Waals surface area contributed by atoms with Crippen molar-refractivity contribution in [1.82, 2.24) is 4.57 Å². The largest absolute Gasteiger partial charge is 0.317 e. The maximum absolute atomic E-state index is 11.5. The number of hydrogen-bond donors (Lipinski definition) is 1. The molecule has 0 amide bonds. The second-order valence-electron chi connectivity index (χ2n) is 4.40. The molecule has 0 aliphatic rings. The highest BCUT2D eigenvalue weighted by Gasteiger charge is 2.18. The van der Waals surface area contributed by atoms with Gasteiger partial charge in [-0.1, -0.05) is 6.07 Å². The van der Waals surface area contributed by atoms with Crippen LogP contribution in [0.25, 0.3) is 5.69 Å². The Morgan fingerprint density at radius 3 is 2.06 bits per heavy atom. The van der Waals surface area contributed by atoms with Crippen LogP contribution in [0.15, 0.2) is 35.2 Å². The fourth-order valence-electron chi connectivity index (χ4n) is 2.06. The SMILES string of the molecule is Cc1ccc(-n2c(C)ccc2C)c(S(=O)(=O)O)c1. The van der Waals surface area contributed by atoms with Crippen molar-refractivity contribution in [2.75, 3.05) is 0 Å². The van der Waals surface area contributed by atoms with E-state index < -0.39 is 10.1 Å². The van der Waals surface area contributed by atoms with Gasteiger partial charge in [0.25, 0.3) is 10.1 Å². The zero-order chi connectivity index (χ0) is 13.5. The summed E-state index contributed by atoms with van der Waals surface area (Å²) in [6.07, 6.45) is 0. The van der Waals surface area contributed by atoms with Crippen LogP contribution in [0.5, 0.6) is 0 Å². The quantitative estimate of drug-likeness (QED) is 0.849. The molecule has 5 heteroatoms. The molecule has 0 aliphatic heterocycles. The fraction of sp³-hybridized carbons (Fsp3) is 0.231. The Hall–Kier alpha value is -1.59. The molecule has 0 aliphatic carbocycles. The number of aryl methyl sites for hydroxylation is 3. The first-order valence-corrected chi connectivity index (χ1v) is 6.98. The Morgan fingerprint density at radius 2 is 1.56 bits per heavy atom. The number of hydrogen-bond acceptors (Lipinski definition) is 2. The monoisotopic (exact) mass is 265 g/mol. The molecule has 18 heavy (non-hydrogen) atoms. The molecule has 0 fully saturated rings. The van der Waals surface area contributed by atoms with Crippen LogP contribution in [0.2, 0.25) is 0 Å². The third-order valence-electron chi connectivity index (χ3n) is 2.91. The molecule has 0 unspecified atom stereocenters. The minimum absolute atomic E-state index is 0.0649. The summed E-state index contributed by atoms with van der Waals surface area (Å²) in [6.45, 7) is 5.56. The van der Waals surface area contributed by atoms with Crippen molar-refractivity contribution in [3.8, 4) is 5.69 Å². The highest BCUT2D eigenvalue weighted by Crippen LogP contribution is 2.24. The van der Waals surface area contributed by atoms with E-state index in [1.54, 1.807) is 13.0 Å². The molecule has 1 heterocycles. The molecule has 0 atom stereocenters. The lowest BCUT2D eigenvalue weighted by molar-refractivity contribution is 0.482. The van der Waals surface area contributed by atoms with E-state index in [9.17, 15) is 13.0 Å². The highest BCUT2D eigenvalue weighted by atomic mass is 32.2. The average Bonchev–Trinajstić information content (AvgIpc) is 2.58. The van der Waals surface area contributed by atoms with Crippen LogP contribution < -0.4 is 0 Å². The summed E-state index contributed by atoms with van der Waals surface area (Å²) in [5.41, 5.74) is 3.10. The minimum atomic E-state index is -4.24. The van der Waals surface area contributed by atoms with Gasteiger partial charge in [-0.15, -0.1) is 0 Å². The maximum Gasteiger partial charge on any atom is 0.296 e. The Morgan fingerprint density at radius 1 is 1.00 bits per heavy atom. The van der Waals surface area contributed by atoms with Crippen molar-refractivity contribution >= 4 is 10.1 Å². The van der Waals surface area contributed by atoms with Crippen LogP contribution in [0.1, 0.15) is 17.0 Å². The van der Waals surface area contributed by atoms with Gasteiger partial charge in [0.05, 0.1) is 5.69 Å². The zero-order valence-corrected chi connectivity index (χ0v) is 11.3. The van der Waals surface area contributed by atoms with Crippen LogP contribution in [0, 0.1) is 20.8 Å². The smallest absolute Gasteiger partial charge is 0.296 e. The molecule has 1 N–H and O–H groups in total. The number of aromatic nitrogens is 1. The van der Waals surface area contributed by atoms with E-state index in [1.807, 2.05) is 36.6 Å². The van der Waals surface area contributed by atoms with Gasteiger partial charge < -0.3 is 4.57 Å². The van der Waals surface area contributed by atoms with Gasteiger partial charge in [0, 0.05) is 11.4 Å². The molecule has 0 bridgehead atoms. The molecular weight excluding hydrogens is 250 g/mol. The van der Waals surface area contributed by atoms with Crippen molar-refractivity contribution in [2.24, 2.45) is 0 Å². The van der Waals surface area contributed by atoms with Crippen molar-refractivity contribution in [2.45, 2.75) is 25.7 Å². The van der Waals surface area contributed by atoms with Gasteiger partial charge in [0.2, 0.25) is 0 Å². The van der Waals surface area contributed by atoms with Crippen molar-refractivity contribution < 1.29 is 13.0 Å². The summed E-state index contributed by atoms with van der Waals surface area (Å²) in [5.74, 6) is 0. The minimum Gasteiger partial charge on any atom is -0.317 e. The molecule has 96 valence electrons. The Balaban J connectivity index is 2.81. The van der Waals surface area contributed by atoms with E-state index in [4.69, 9.17) is 0 Å². The van der Waals surface area contributed by atoms with E-state index in [0.29, 0.717) is 5.69 Å². The lowest BCUT2D eigenvalue weighted by Crippen LogP contribution is -2.08. The van der Waals surface area contributed by atoms with Crippen LogP contribution in [0.4, 0.5) is 0 Å². The van der Waals surface area contributed by atoms with Gasteiger partial charge in [0.15, 0.2) is 0 Å². The predicted octanol–water partition coefficient (Wildman–Crippen LogP) is 2.65. The summed E-state index contributed by atoms with van der Waals surface area (Å²) < 4.78 is 34.1. The first kappa shape index (κ1) is 12.9. The fourth-order valence-corrected chi connectivity index (χ4v) is 2.82. The first-order valence-electron chi connectivity index (χ1n) is 5.54. The third kappa shape index (κ3) is 2.19. The van der Waals surface area contributed by atoms with E-state index in [1.165, 1.54) is 6.07 Å². The summed E-state index contributed by atoms with van der Waals surface area (Å²) in [5, 5.41) is 0. The molecule has 1 aromatic carbocycles. The number of benzene rings is 1. The number of rotatable bonds is 2. The average molecular weight is 265 g/mol. The van der Waals surface area contributed by atoms with Crippen LogP contribution in [-0.2, 0) is 10.1 Å². The van der Waals surface area contributed by atoms with Gasteiger partial charge in [-0.3, -0.25) is 4.55 Å². The van der Waals surface area contributed by atoms with Gasteiger partial charge in [0.1, 0.15) is 4.90 Å². The van der Waals surface area contributed by atoms with Crippen LogP contribution in [-0.4, -0.2) is 17.5 Å². The molecule has 0 spiro atoms. The van der Waals surface area contributed by atoms with E-state index in [2.05, 4.69) is 0 Å². The first-order chi connectivity index (χ1) is 8.30. The summed E-state index contributed by atoms with van der Waals surface area (Å²) in [7, 11) is -4.24. The molecule has 0 radical (unpaired) electrons. The molecule has 2 rings (SSSR count). The second kappa shape index (κ2) is 4.26. The molecule has 1 aromatic heterocycles. The summed E-state index contributed by atoms with van der Waals surface area (Å²) >= 11 is 0. The highest BCUT2D eigenvalue weighted by molar-refractivity contribution is 7.86. The Bertz CT molecular complexity index is 680. The van der Waals surface area contributed by atoms with Crippen LogP contribution >= 0.6 is 0 Å². The molecular formula is C13H15NO3S. The van der Waals surface area contributed by atoms with Crippen molar-refractivity contribution in [3.63, 3.8) is 0 Å².